The number of hydrogen-bond acceptors (Lipinski definition) is 0. The average Bonchev–Trinajstić information content (AvgIpc) is 2.25. The minimum Gasteiger partial charge on any atom is -0.0707 e. The van der Waals surface area contributed by atoms with Gasteiger partial charge in [0.2, 0.25) is 0 Å². The molecule has 0 fully saturated rings. The highest BCUT2D eigenvalue weighted by Crippen LogP contribution is 2.47. The molecule has 2 unspecified atom stereocenters. The van der Waals surface area contributed by atoms with E-state index in [0.29, 0.717) is 0 Å². The van der Waals surface area contributed by atoms with Crippen LogP contribution in [0.2, 0.25) is 0 Å². The Labute approximate surface area is 57.0 Å². The molecule has 2 bridgehead atoms. The first-order chi connectivity index (χ1) is 4.29. The molecule has 0 nitrogen and oxygen atoms in total. The molecule has 2 rings (SSSR count). The van der Waals surface area contributed by atoms with Gasteiger partial charge in [0.1, 0.15) is 0 Å². The molecular formula is C9H14. The van der Waals surface area contributed by atoms with E-state index in [1.54, 1.807) is 11.1 Å². The molecule has 0 spiro atoms. The number of allylic oxidation sites excluding steroid dienone is 2. The van der Waals surface area contributed by atoms with Crippen LogP contribution in [0.5, 0.6) is 0 Å². The van der Waals surface area contributed by atoms with Gasteiger partial charge in [0.05, 0.1) is 0 Å². The van der Waals surface area contributed by atoms with Crippen LogP contribution < -0.4 is 0 Å². The quantitative estimate of drug-likeness (QED) is 0.433. The zero-order valence-electron chi connectivity index (χ0n) is 6.28. The van der Waals surface area contributed by atoms with Crippen molar-refractivity contribution in [1.82, 2.24) is 0 Å². The van der Waals surface area contributed by atoms with E-state index in [0.717, 1.165) is 11.8 Å². The Kier molecular flexibility index (Phi) is 0.992. The van der Waals surface area contributed by atoms with Crippen molar-refractivity contribution in [3.05, 3.63) is 11.1 Å². The summed E-state index contributed by atoms with van der Waals surface area (Å²) in [5.74, 6) is 1.93. The van der Waals surface area contributed by atoms with Gasteiger partial charge in [-0.1, -0.05) is 18.1 Å². The van der Waals surface area contributed by atoms with Gasteiger partial charge < -0.3 is 0 Å². The molecule has 2 aliphatic rings. The molecule has 0 aliphatic heterocycles. The molecular weight excluding hydrogens is 108 g/mol. The van der Waals surface area contributed by atoms with Crippen molar-refractivity contribution in [3.8, 4) is 0 Å². The molecule has 0 heteroatoms. The highest BCUT2D eigenvalue weighted by atomic mass is 14.4. The van der Waals surface area contributed by atoms with Crippen LogP contribution in [0.3, 0.4) is 0 Å². The third-order valence-corrected chi connectivity index (χ3v) is 3.11. The van der Waals surface area contributed by atoms with Crippen LogP contribution in [0.15, 0.2) is 11.1 Å². The van der Waals surface area contributed by atoms with E-state index in [2.05, 4.69) is 13.8 Å². The summed E-state index contributed by atoms with van der Waals surface area (Å²) in [5, 5.41) is 0. The molecule has 0 saturated heterocycles. The lowest BCUT2D eigenvalue weighted by molar-refractivity contribution is 0.455. The van der Waals surface area contributed by atoms with Gasteiger partial charge in [-0.25, -0.2) is 0 Å². The average molecular weight is 122 g/mol. The first kappa shape index (κ1) is 5.52. The maximum absolute atomic E-state index is 2.37. The van der Waals surface area contributed by atoms with E-state index < -0.39 is 0 Å². The lowest BCUT2D eigenvalue weighted by atomic mass is 9.90. The molecule has 0 aromatic carbocycles. The van der Waals surface area contributed by atoms with Gasteiger partial charge in [-0.3, -0.25) is 0 Å². The highest BCUT2D eigenvalue weighted by Gasteiger charge is 2.33. The number of hydrogen-bond donors (Lipinski definition) is 0. The lowest BCUT2D eigenvalue weighted by Crippen LogP contribution is -2.02. The van der Waals surface area contributed by atoms with Gasteiger partial charge in [-0.05, 0) is 38.0 Å². The van der Waals surface area contributed by atoms with Crippen molar-refractivity contribution in [3.63, 3.8) is 0 Å². The van der Waals surface area contributed by atoms with Crippen LogP contribution in [-0.4, -0.2) is 0 Å². The molecule has 9 heavy (non-hydrogen) atoms. The van der Waals surface area contributed by atoms with Gasteiger partial charge in [0, 0.05) is 0 Å². The number of rotatable bonds is 0. The summed E-state index contributed by atoms with van der Waals surface area (Å²) < 4.78 is 0. The summed E-state index contributed by atoms with van der Waals surface area (Å²) in [6.07, 6.45) is 4.34. The van der Waals surface area contributed by atoms with Crippen molar-refractivity contribution >= 4 is 0 Å². The van der Waals surface area contributed by atoms with Gasteiger partial charge in [0.25, 0.3) is 0 Å². The summed E-state index contributed by atoms with van der Waals surface area (Å²) in [4.78, 5) is 0. The molecule has 0 saturated carbocycles. The van der Waals surface area contributed by atoms with Crippen LogP contribution in [0.4, 0.5) is 0 Å². The van der Waals surface area contributed by atoms with Gasteiger partial charge in [-0.2, -0.15) is 0 Å². The fraction of sp³-hybridized carbons (Fsp3) is 0.778. The smallest absolute Gasteiger partial charge is 0.0195 e. The van der Waals surface area contributed by atoms with Crippen LogP contribution in [0, 0.1) is 11.8 Å². The normalized spacial score (nSPS) is 40.7. The Bertz CT molecular complexity index is 165. The van der Waals surface area contributed by atoms with Gasteiger partial charge in [-0.15, -0.1) is 0 Å². The maximum Gasteiger partial charge on any atom is -0.0195 e. The van der Waals surface area contributed by atoms with E-state index in [-0.39, 0.29) is 0 Å². The molecule has 0 N–H and O–H groups in total. The SMILES string of the molecule is CC1=C2CCC1CC2C. The summed E-state index contributed by atoms with van der Waals surface area (Å²) >= 11 is 0. The third kappa shape index (κ3) is 0.593. The second-order valence-electron chi connectivity index (χ2n) is 3.58. The topological polar surface area (TPSA) is 0 Å². The number of fused-ring (bicyclic) bond motifs is 1. The highest BCUT2D eigenvalue weighted by molar-refractivity contribution is 5.28. The standard InChI is InChI=1S/C9H14/c1-6-5-8-3-4-9(6)7(8)2/h6,8H,3-5H2,1-2H3. The Morgan fingerprint density at radius 2 is 2.22 bits per heavy atom. The second kappa shape index (κ2) is 1.62. The third-order valence-electron chi connectivity index (χ3n) is 3.11. The lowest BCUT2D eigenvalue weighted by Gasteiger charge is -2.14. The Morgan fingerprint density at radius 3 is 2.44 bits per heavy atom. The minimum absolute atomic E-state index is 0.934. The summed E-state index contributed by atoms with van der Waals surface area (Å²) in [6.45, 7) is 4.70. The van der Waals surface area contributed by atoms with Crippen molar-refractivity contribution in [2.24, 2.45) is 11.8 Å². The van der Waals surface area contributed by atoms with Crippen molar-refractivity contribution in [1.29, 1.82) is 0 Å². The second-order valence-corrected chi connectivity index (χ2v) is 3.58. The molecule has 50 valence electrons. The van der Waals surface area contributed by atoms with Gasteiger partial charge in [0.15, 0.2) is 0 Å². The van der Waals surface area contributed by atoms with Crippen LogP contribution in [0.1, 0.15) is 33.1 Å². The van der Waals surface area contributed by atoms with E-state index >= 15 is 0 Å². The van der Waals surface area contributed by atoms with Crippen molar-refractivity contribution in [2.45, 2.75) is 33.1 Å². The fourth-order valence-corrected chi connectivity index (χ4v) is 2.50. The zero-order chi connectivity index (χ0) is 6.43. The maximum atomic E-state index is 2.37. The molecule has 0 radical (unpaired) electrons. The van der Waals surface area contributed by atoms with Crippen LogP contribution in [0.25, 0.3) is 0 Å². The van der Waals surface area contributed by atoms with Crippen LogP contribution >= 0.6 is 0 Å². The Balaban J connectivity index is 2.33. The van der Waals surface area contributed by atoms with E-state index in [1.165, 1.54) is 19.3 Å². The zero-order valence-corrected chi connectivity index (χ0v) is 6.28. The molecule has 2 aliphatic carbocycles. The van der Waals surface area contributed by atoms with Gasteiger partial charge >= 0.3 is 0 Å². The molecule has 0 amide bonds. The fourth-order valence-electron chi connectivity index (χ4n) is 2.50. The largest absolute Gasteiger partial charge is 0.0707 e. The first-order valence-electron chi connectivity index (χ1n) is 3.98. The molecule has 0 heterocycles. The van der Waals surface area contributed by atoms with Crippen molar-refractivity contribution < 1.29 is 0 Å². The van der Waals surface area contributed by atoms with E-state index in [9.17, 15) is 0 Å². The Morgan fingerprint density at radius 1 is 1.44 bits per heavy atom. The minimum atomic E-state index is 0.934. The summed E-state index contributed by atoms with van der Waals surface area (Å²) in [5.41, 5.74) is 3.53. The van der Waals surface area contributed by atoms with E-state index in [1.807, 2.05) is 0 Å². The Hall–Kier alpha value is -0.260. The predicted molar refractivity (Wildman–Crippen MR) is 39.2 cm³/mol. The van der Waals surface area contributed by atoms with E-state index in [4.69, 9.17) is 0 Å². The monoisotopic (exact) mass is 122 g/mol. The summed E-state index contributed by atoms with van der Waals surface area (Å²) in [6, 6.07) is 0. The summed E-state index contributed by atoms with van der Waals surface area (Å²) in [7, 11) is 0. The first-order valence-corrected chi connectivity index (χ1v) is 3.98. The predicted octanol–water partition coefficient (Wildman–Crippen LogP) is 2.75. The van der Waals surface area contributed by atoms with Crippen LogP contribution in [-0.2, 0) is 0 Å². The molecule has 0 aromatic heterocycles. The van der Waals surface area contributed by atoms with Crippen molar-refractivity contribution in [2.75, 3.05) is 0 Å². The molecule has 2 atom stereocenters. The molecule has 0 aromatic rings.